The Bertz CT molecular complexity index is 479. The Kier molecular flexibility index (Phi) is 6.12. The fourth-order valence-corrected chi connectivity index (χ4v) is 2.55. The highest BCUT2D eigenvalue weighted by molar-refractivity contribution is 5.76. The lowest BCUT2D eigenvalue weighted by atomic mass is 9.80. The monoisotopic (exact) mass is 313 g/mol. The molecule has 1 aromatic carbocycles. The predicted molar refractivity (Wildman–Crippen MR) is 77.9 cm³/mol. The second kappa shape index (κ2) is 8.08. The predicted octanol–water partition coefficient (Wildman–Crippen LogP) is 2.76. The van der Waals surface area contributed by atoms with Gasteiger partial charge in [-0.2, -0.15) is 8.78 Å². The zero-order valence-electron chi connectivity index (χ0n) is 12.6. The van der Waals surface area contributed by atoms with Crippen LogP contribution in [0.15, 0.2) is 24.3 Å². The number of carbonyl (C=O) groups excluding carboxylic acids is 1. The molecule has 1 aromatic rings. The number of rotatable bonds is 8. The van der Waals surface area contributed by atoms with E-state index in [0.717, 1.165) is 18.4 Å². The van der Waals surface area contributed by atoms with Crippen molar-refractivity contribution in [3.63, 3.8) is 0 Å². The van der Waals surface area contributed by atoms with Crippen molar-refractivity contribution in [3.8, 4) is 5.75 Å². The molecule has 0 aromatic heterocycles. The molecule has 0 heterocycles. The van der Waals surface area contributed by atoms with Crippen molar-refractivity contribution < 1.29 is 23.0 Å². The third-order valence-corrected chi connectivity index (χ3v) is 3.93. The first kappa shape index (κ1) is 16.7. The molecule has 6 heteroatoms. The van der Waals surface area contributed by atoms with Gasteiger partial charge in [-0.25, -0.2) is 0 Å². The van der Waals surface area contributed by atoms with Crippen LogP contribution in [0, 0.1) is 5.92 Å². The molecule has 1 amide bonds. The maximum atomic E-state index is 12.0. The van der Waals surface area contributed by atoms with Gasteiger partial charge < -0.3 is 14.8 Å². The van der Waals surface area contributed by atoms with E-state index in [1.165, 1.54) is 12.1 Å². The Morgan fingerprint density at radius 3 is 2.59 bits per heavy atom. The second-order valence-electron chi connectivity index (χ2n) is 5.49. The van der Waals surface area contributed by atoms with E-state index in [2.05, 4.69) is 10.1 Å². The maximum Gasteiger partial charge on any atom is 0.387 e. The number of halogens is 2. The van der Waals surface area contributed by atoms with Gasteiger partial charge in [-0.05, 0) is 37.0 Å². The minimum Gasteiger partial charge on any atom is -0.435 e. The quantitative estimate of drug-likeness (QED) is 0.803. The van der Waals surface area contributed by atoms with Crippen LogP contribution in [0.4, 0.5) is 8.78 Å². The number of aryl methyl sites for hydroxylation is 1. The summed E-state index contributed by atoms with van der Waals surface area (Å²) >= 11 is 0. The van der Waals surface area contributed by atoms with Gasteiger partial charge in [-0.15, -0.1) is 0 Å². The topological polar surface area (TPSA) is 47.6 Å². The van der Waals surface area contributed by atoms with Crippen molar-refractivity contribution in [2.24, 2.45) is 5.92 Å². The highest BCUT2D eigenvalue weighted by Crippen LogP contribution is 2.27. The van der Waals surface area contributed by atoms with Crippen molar-refractivity contribution in [2.45, 2.75) is 38.3 Å². The van der Waals surface area contributed by atoms with Crippen molar-refractivity contribution in [3.05, 3.63) is 29.8 Å². The number of hydrogen-bond donors (Lipinski definition) is 1. The average Bonchev–Trinajstić information content (AvgIpc) is 2.48. The average molecular weight is 313 g/mol. The Morgan fingerprint density at radius 1 is 1.32 bits per heavy atom. The van der Waals surface area contributed by atoms with Crippen LogP contribution in [-0.2, 0) is 16.0 Å². The first-order valence-electron chi connectivity index (χ1n) is 7.40. The first-order chi connectivity index (χ1) is 10.6. The molecule has 1 saturated carbocycles. The summed E-state index contributed by atoms with van der Waals surface area (Å²) in [6, 6.07) is 6.58. The van der Waals surface area contributed by atoms with Crippen LogP contribution in [-0.4, -0.2) is 32.3 Å². The molecule has 1 aliphatic carbocycles. The van der Waals surface area contributed by atoms with Crippen molar-refractivity contribution in [1.29, 1.82) is 0 Å². The molecule has 1 fully saturated rings. The molecule has 22 heavy (non-hydrogen) atoms. The standard InChI is InChI=1S/C16H21F2NO3/c1-21-10-12-5-8-14(12)19-15(20)9-4-11-2-6-13(7-3-11)22-16(17)18/h2-3,6-7,12,14,16H,4-5,8-10H2,1H3,(H,19,20)/t12-,14-/m1/s1. The molecule has 0 radical (unpaired) electrons. The van der Waals surface area contributed by atoms with Gasteiger partial charge in [0.05, 0.1) is 6.61 Å². The second-order valence-corrected chi connectivity index (χ2v) is 5.49. The van der Waals surface area contributed by atoms with Gasteiger partial charge in [0.15, 0.2) is 0 Å². The molecule has 0 aliphatic heterocycles. The van der Waals surface area contributed by atoms with E-state index in [1.54, 1.807) is 19.2 Å². The smallest absolute Gasteiger partial charge is 0.387 e. The Balaban J connectivity index is 1.72. The van der Waals surface area contributed by atoms with Crippen LogP contribution >= 0.6 is 0 Å². The van der Waals surface area contributed by atoms with E-state index in [4.69, 9.17) is 4.74 Å². The molecule has 2 rings (SSSR count). The number of benzene rings is 1. The summed E-state index contributed by atoms with van der Waals surface area (Å²) in [5.74, 6) is 0.554. The van der Waals surface area contributed by atoms with E-state index in [1.807, 2.05) is 0 Å². The van der Waals surface area contributed by atoms with Crippen molar-refractivity contribution in [1.82, 2.24) is 5.32 Å². The number of carbonyl (C=O) groups is 1. The van der Waals surface area contributed by atoms with Gasteiger partial charge in [0.2, 0.25) is 5.91 Å². The highest BCUT2D eigenvalue weighted by atomic mass is 19.3. The molecule has 4 nitrogen and oxygen atoms in total. The summed E-state index contributed by atoms with van der Waals surface area (Å²) in [5, 5.41) is 3.02. The van der Waals surface area contributed by atoms with Crippen LogP contribution in [0.2, 0.25) is 0 Å². The van der Waals surface area contributed by atoms with E-state index in [0.29, 0.717) is 25.4 Å². The fraction of sp³-hybridized carbons (Fsp3) is 0.562. The van der Waals surface area contributed by atoms with Gasteiger partial charge in [-0.3, -0.25) is 4.79 Å². The summed E-state index contributed by atoms with van der Waals surface area (Å²) in [6.07, 6.45) is 3.04. The molecular weight excluding hydrogens is 292 g/mol. The van der Waals surface area contributed by atoms with Crippen molar-refractivity contribution in [2.75, 3.05) is 13.7 Å². The SMILES string of the molecule is COC[C@H]1CC[C@H]1NC(=O)CCc1ccc(OC(F)F)cc1. The summed E-state index contributed by atoms with van der Waals surface area (Å²) in [6.45, 7) is -2.14. The summed E-state index contributed by atoms with van der Waals surface area (Å²) in [5.41, 5.74) is 0.916. The molecule has 122 valence electrons. The zero-order chi connectivity index (χ0) is 15.9. The van der Waals surface area contributed by atoms with Gasteiger partial charge >= 0.3 is 6.61 Å². The van der Waals surface area contributed by atoms with Gasteiger partial charge in [0, 0.05) is 25.5 Å². The number of methoxy groups -OCH3 is 1. The summed E-state index contributed by atoms with van der Waals surface area (Å²) in [4.78, 5) is 11.9. The van der Waals surface area contributed by atoms with Gasteiger partial charge in [-0.1, -0.05) is 12.1 Å². The Hall–Kier alpha value is -1.69. The molecule has 1 aliphatic rings. The minimum absolute atomic E-state index is 0.0127. The van der Waals surface area contributed by atoms with Crippen LogP contribution in [0.5, 0.6) is 5.75 Å². The molecule has 2 atom stereocenters. The number of alkyl halides is 2. The lowest BCUT2D eigenvalue weighted by Gasteiger charge is -2.36. The summed E-state index contributed by atoms with van der Waals surface area (Å²) in [7, 11) is 1.67. The number of amides is 1. The molecule has 0 saturated heterocycles. The van der Waals surface area contributed by atoms with Crippen LogP contribution in [0.25, 0.3) is 0 Å². The third-order valence-electron chi connectivity index (χ3n) is 3.93. The van der Waals surface area contributed by atoms with Crippen LogP contribution in [0.3, 0.4) is 0 Å². The molecule has 0 spiro atoms. The number of hydrogen-bond acceptors (Lipinski definition) is 3. The molecule has 0 bridgehead atoms. The molecular formula is C16H21F2NO3. The van der Waals surface area contributed by atoms with E-state index in [9.17, 15) is 13.6 Å². The Morgan fingerprint density at radius 2 is 2.05 bits per heavy atom. The number of nitrogens with one attached hydrogen (secondary N) is 1. The zero-order valence-corrected chi connectivity index (χ0v) is 12.6. The van der Waals surface area contributed by atoms with Crippen molar-refractivity contribution >= 4 is 5.91 Å². The normalized spacial score (nSPS) is 20.5. The Labute approximate surface area is 128 Å². The van der Waals surface area contributed by atoms with E-state index < -0.39 is 6.61 Å². The van der Waals surface area contributed by atoms with Crippen LogP contribution in [0.1, 0.15) is 24.8 Å². The fourth-order valence-electron chi connectivity index (χ4n) is 2.55. The lowest BCUT2D eigenvalue weighted by Crippen LogP contribution is -2.48. The molecule has 1 N–H and O–H groups in total. The van der Waals surface area contributed by atoms with E-state index >= 15 is 0 Å². The first-order valence-corrected chi connectivity index (χ1v) is 7.40. The lowest BCUT2D eigenvalue weighted by molar-refractivity contribution is -0.123. The molecule has 0 unspecified atom stereocenters. The minimum atomic E-state index is -2.82. The summed E-state index contributed by atoms with van der Waals surface area (Å²) < 4.78 is 33.5. The largest absolute Gasteiger partial charge is 0.435 e. The van der Waals surface area contributed by atoms with Crippen LogP contribution < -0.4 is 10.1 Å². The highest BCUT2D eigenvalue weighted by Gasteiger charge is 2.31. The maximum absolute atomic E-state index is 12.0. The number of ether oxygens (including phenoxy) is 2. The van der Waals surface area contributed by atoms with Gasteiger partial charge in [0.25, 0.3) is 0 Å². The third kappa shape index (κ3) is 4.94. The van der Waals surface area contributed by atoms with E-state index in [-0.39, 0.29) is 17.7 Å². The van der Waals surface area contributed by atoms with Gasteiger partial charge in [0.1, 0.15) is 5.75 Å².